The number of hydrogen-bond acceptors (Lipinski definition) is 4. The molecule has 0 spiro atoms. The maximum Gasteiger partial charge on any atom is 0.136 e. The van der Waals surface area contributed by atoms with Crippen molar-refractivity contribution in [2.45, 2.75) is 33.7 Å². The van der Waals surface area contributed by atoms with Crippen LogP contribution in [0.5, 0.6) is 0 Å². The summed E-state index contributed by atoms with van der Waals surface area (Å²) >= 11 is 0. The van der Waals surface area contributed by atoms with Gasteiger partial charge < -0.3 is 10.2 Å². The fraction of sp³-hybridized carbons (Fsp3) is 0.273. The van der Waals surface area contributed by atoms with Gasteiger partial charge in [-0.3, -0.25) is 0 Å². The maximum absolute atomic E-state index is 4.69. The molecule has 0 radical (unpaired) electrons. The van der Waals surface area contributed by atoms with E-state index >= 15 is 0 Å². The molecule has 132 valence electrons. The van der Waals surface area contributed by atoms with Gasteiger partial charge in [-0.05, 0) is 55.5 Å². The zero-order chi connectivity index (χ0) is 18.1. The molecule has 2 heterocycles. The van der Waals surface area contributed by atoms with E-state index in [1.807, 2.05) is 6.92 Å². The number of aryl methyl sites for hydroxylation is 3. The van der Waals surface area contributed by atoms with Crippen LogP contribution in [0.4, 0.5) is 17.3 Å². The second-order valence-corrected chi connectivity index (χ2v) is 7.04. The monoisotopic (exact) mass is 344 g/mol. The predicted octanol–water partition coefficient (Wildman–Crippen LogP) is 4.71. The molecule has 0 unspecified atom stereocenters. The molecule has 4 rings (SSSR count). The largest absolute Gasteiger partial charge is 0.352 e. The minimum absolute atomic E-state index is 0.786. The lowest BCUT2D eigenvalue weighted by Crippen LogP contribution is -2.31. The van der Waals surface area contributed by atoms with Crippen molar-refractivity contribution in [3.05, 3.63) is 76.6 Å². The number of benzene rings is 2. The molecule has 1 N–H and O–H groups in total. The van der Waals surface area contributed by atoms with Gasteiger partial charge in [0.05, 0.1) is 0 Å². The van der Waals surface area contributed by atoms with E-state index < -0.39 is 0 Å². The van der Waals surface area contributed by atoms with Crippen molar-refractivity contribution in [2.75, 3.05) is 16.8 Å². The Labute approximate surface area is 154 Å². The van der Waals surface area contributed by atoms with E-state index in [-0.39, 0.29) is 0 Å². The minimum atomic E-state index is 0.786. The molecule has 1 aromatic heterocycles. The van der Waals surface area contributed by atoms with Gasteiger partial charge in [0.1, 0.15) is 17.5 Å². The van der Waals surface area contributed by atoms with E-state index in [1.54, 1.807) is 0 Å². The third-order valence-corrected chi connectivity index (χ3v) is 4.93. The first-order valence-electron chi connectivity index (χ1n) is 9.10. The van der Waals surface area contributed by atoms with Crippen LogP contribution in [0.15, 0.2) is 48.5 Å². The Balaban J connectivity index is 1.62. The van der Waals surface area contributed by atoms with Gasteiger partial charge in [0, 0.05) is 24.8 Å². The summed E-state index contributed by atoms with van der Waals surface area (Å²) in [4.78, 5) is 11.6. The molecule has 0 aliphatic carbocycles. The van der Waals surface area contributed by atoms with E-state index in [2.05, 4.69) is 82.6 Å². The zero-order valence-corrected chi connectivity index (χ0v) is 15.6. The second-order valence-electron chi connectivity index (χ2n) is 7.04. The average molecular weight is 344 g/mol. The van der Waals surface area contributed by atoms with Crippen molar-refractivity contribution in [3.8, 4) is 0 Å². The summed E-state index contributed by atoms with van der Waals surface area (Å²) in [5.41, 5.74) is 6.37. The maximum atomic E-state index is 4.69. The van der Waals surface area contributed by atoms with Crippen LogP contribution in [0.2, 0.25) is 0 Å². The summed E-state index contributed by atoms with van der Waals surface area (Å²) in [6.07, 6.45) is 1.05. The van der Waals surface area contributed by atoms with E-state index in [4.69, 9.17) is 0 Å². The molecule has 4 heteroatoms. The quantitative estimate of drug-likeness (QED) is 0.747. The molecule has 0 amide bonds. The highest BCUT2D eigenvalue weighted by Crippen LogP contribution is 2.26. The Bertz CT molecular complexity index is 949. The fourth-order valence-corrected chi connectivity index (χ4v) is 3.48. The van der Waals surface area contributed by atoms with Crippen molar-refractivity contribution in [2.24, 2.45) is 0 Å². The molecule has 1 aliphatic rings. The standard InChI is InChI=1S/C22H24N4/c1-15-8-9-16(2)20(12-15)25-21-13-22(24-17(3)23-21)26-11-10-18-6-4-5-7-19(18)14-26/h4-9,12-13H,10-11,14H2,1-3H3,(H,23,24,25). The first-order chi connectivity index (χ1) is 12.6. The van der Waals surface area contributed by atoms with Gasteiger partial charge >= 0.3 is 0 Å². The smallest absolute Gasteiger partial charge is 0.136 e. The molecule has 4 nitrogen and oxygen atoms in total. The number of anilines is 3. The SMILES string of the molecule is Cc1ccc(C)c(Nc2cc(N3CCc4ccccc4C3)nc(C)n2)c1. The third-order valence-electron chi connectivity index (χ3n) is 4.93. The van der Waals surface area contributed by atoms with Gasteiger partial charge in [0.15, 0.2) is 0 Å². The summed E-state index contributed by atoms with van der Waals surface area (Å²) in [5, 5.41) is 3.47. The highest BCUT2D eigenvalue weighted by atomic mass is 15.2. The average Bonchev–Trinajstić information content (AvgIpc) is 2.64. The summed E-state index contributed by atoms with van der Waals surface area (Å²) in [5.74, 6) is 2.62. The Morgan fingerprint density at radius 2 is 1.73 bits per heavy atom. The number of aromatic nitrogens is 2. The van der Waals surface area contributed by atoms with Crippen molar-refractivity contribution >= 4 is 17.3 Å². The van der Waals surface area contributed by atoms with Crippen LogP contribution < -0.4 is 10.2 Å². The molecular weight excluding hydrogens is 320 g/mol. The molecule has 0 bridgehead atoms. The minimum Gasteiger partial charge on any atom is -0.352 e. The lowest BCUT2D eigenvalue weighted by molar-refractivity contribution is 0.717. The molecule has 0 saturated heterocycles. The van der Waals surface area contributed by atoms with E-state index in [0.717, 1.165) is 42.7 Å². The summed E-state index contributed by atoms with van der Waals surface area (Å²) in [6, 6.07) is 17.1. The molecule has 0 atom stereocenters. The van der Waals surface area contributed by atoms with Gasteiger partial charge in [-0.2, -0.15) is 0 Å². The number of fused-ring (bicyclic) bond motifs is 1. The normalized spacial score (nSPS) is 13.4. The molecule has 2 aromatic carbocycles. The Kier molecular flexibility index (Phi) is 4.33. The lowest BCUT2D eigenvalue weighted by Gasteiger charge is -2.30. The first-order valence-corrected chi connectivity index (χ1v) is 9.10. The third kappa shape index (κ3) is 3.40. The van der Waals surface area contributed by atoms with Crippen LogP contribution in [-0.2, 0) is 13.0 Å². The number of nitrogens with one attached hydrogen (secondary N) is 1. The van der Waals surface area contributed by atoms with Crippen LogP contribution in [-0.4, -0.2) is 16.5 Å². The molecule has 1 aliphatic heterocycles. The van der Waals surface area contributed by atoms with Crippen molar-refractivity contribution in [1.82, 2.24) is 9.97 Å². The number of hydrogen-bond donors (Lipinski definition) is 1. The Morgan fingerprint density at radius 3 is 2.58 bits per heavy atom. The van der Waals surface area contributed by atoms with E-state index in [0.29, 0.717) is 0 Å². The van der Waals surface area contributed by atoms with Gasteiger partial charge in [-0.15, -0.1) is 0 Å². The topological polar surface area (TPSA) is 41.0 Å². The summed E-state index contributed by atoms with van der Waals surface area (Å²) in [6.45, 7) is 8.05. The number of rotatable bonds is 3. The highest BCUT2D eigenvalue weighted by molar-refractivity contribution is 5.63. The van der Waals surface area contributed by atoms with Gasteiger partial charge in [0.2, 0.25) is 0 Å². The van der Waals surface area contributed by atoms with Crippen molar-refractivity contribution < 1.29 is 0 Å². The van der Waals surface area contributed by atoms with E-state index in [9.17, 15) is 0 Å². The van der Waals surface area contributed by atoms with Crippen LogP contribution in [0.25, 0.3) is 0 Å². The second kappa shape index (κ2) is 6.79. The first kappa shape index (κ1) is 16.6. The molecule has 0 saturated carbocycles. The zero-order valence-electron chi connectivity index (χ0n) is 15.6. The van der Waals surface area contributed by atoms with Crippen molar-refractivity contribution in [3.63, 3.8) is 0 Å². The van der Waals surface area contributed by atoms with Crippen LogP contribution >= 0.6 is 0 Å². The van der Waals surface area contributed by atoms with Crippen molar-refractivity contribution in [1.29, 1.82) is 0 Å². The Morgan fingerprint density at radius 1 is 0.923 bits per heavy atom. The van der Waals surface area contributed by atoms with Gasteiger partial charge in [-0.1, -0.05) is 36.4 Å². The fourth-order valence-electron chi connectivity index (χ4n) is 3.48. The predicted molar refractivity (Wildman–Crippen MR) is 107 cm³/mol. The van der Waals surface area contributed by atoms with Crippen LogP contribution in [0.3, 0.4) is 0 Å². The number of nitrogens with zero attached hydrogens (tertiary/aromatic N) is 3. The van der Waals surface area contributed by atoms with E-state index in [1.165, 1.54) is 22.3 Å². The molecule has 3 aromatic rings. The highest BCUT2D eigenvalue weighted by Gasteiger charge is 2.18. The summed E-state index contributed by atoms with van der Waals surface area (Å²) < 4.78 is 0. The van der Waals surface area contributed by atoms with Gasteiger partial charge in [-0.25, -0.2) is 9.97 Å². The van der Waals surface area contributed by atoms with Gasteiger partial charge in [0.25, 0.3) is 0 Å². The van der Waals surface area contributed by atoms with Crippen LogP contribution in [0, 0.1) is 20.8 Å². The van der Waals surface area contributed by atoms with Crippen LogP contribution in [0.1, 0.15) is 28.1 Å². The lowest BCUT2D eigenvalue weighted by atomic mass is 10.00. The molecule has 0 fully saturated rings. The molecular formula is C22H24N4. The molecule has 26 heavy (non-hydrogen) atoms. The summed E-state index contributed by atoms with van der Waals surface area (Å²) in [7, 11) is 0. The Hall–Kier alpha value is -2.88.